The van der Waals surface area contributed by atoms with Crippen LogP contribution in [0.3, 0.4) is 0 Å². The second-order valence-corrected chi connectivity index (χ2v) is 9.10. The molecule has 0 aliphatic carbocycles. The van der Waals surface area contributed by atoms with Gasteiger partial charge in [0.05, 0.1) is 29.9 Å². The second kappa shape index (κ2) is 7.22. The summed E-state index contributed by atoms with van der Waals surface area (Å²) in [5, 5.41) is 8.27. The number of amides is 1. The number of likely N-dealkylation sites (tertiary alicyclic amines) is 2. The van der Waals surface area contributed by atoms with Gasteiger partial charge in [-0.05, 0) is 48.2 Å². The van der Waals surface area contributed by atoms with Gasteiger partial charge in [-0.2, -0.15) is 16.4 Å². The number of hydrogen-bond acceptors (Lipinski definition) is 4. The van der Waals surface area contributed by atoms with Crippen LogP contribution in [0, 0.1) is 12.3 Å². The molecular formula is C20H26F2N4OS. The van der Waals surface area contributed by atoms with Crippen molar-refractivity contribution in [1.29, 1.82) is 0 Å². The molecule has 1 unspecified atom stereocenters. The molecule has 0 N–H and O–H groups in total. The maximum Gasteiger partial charge on any atom is 0.261 e. The number of aromatic nitrogens is 2. The molecule has 2 fully saturated rings. The molecule has 8 heteroatoms. The summed E-state index contributed by atoms with van der Waals surface area (Å²) in [6, 6.07) is 3.91. The van der Waals surface area contributed by atoms with Crippen molar-refractivity contribution in [3.8, 4) is 0 Å². The van der Waals surface area contributed by atoms with E-state index in [4.69, 9.17) is 0 Å². The highest BCUT2D eigenvalue weighted by Crippen LogP contribution is 2.45. The van der Waals surface area contributed by atoms with Gasteiger partial charge in [-0.25, -0.2) is 8.78 Å². The standard InChI is InChI=1S/C20H26F2N4OS/c1-15-8-17(24(2)23-15)10-26-6-3-5-19(18(26)27)12-20(21,22)14-25(13-19)9-16-4-7-28-11-16/h4,7-8,11H,3,5-6,9-10,12-14H2,1-2H3. The Morgan fingerprint density at radius 2 is 2.11 bits per heavy atom. The van der Waals surface area contributed by atoms with Gasteiger partial charge in [0.15, 0.2) is 0 Å². The fraction of sp³-hybridized carbons (Fsp3) is 0.600. The normalized spacial score (nSPS) is 25.6. The van der Waals surface area contributed by atoms with E-state index in [9.17, 15) is 13.6 Å². The van der Waals surface area contributed by atoms with Gasteiger partial charge in [-0.15, -0.1) is 0 Å². The van der Waals surface area contributed by atoms with E-state index in [1.165, 1.54) is 0 Å². The Morgan fingerprint density at radius 3 is 2.79 bits per heavy atom. The van der Waals surface area contributed by atoms with Crippen molar-refractivity contribution in [3.63, 3.8) is 0 Å². The van der Waals surface area contributed by atoms with Crippen LogP contribution in [0.4, 0.5) is 8.78 Å². The Labute approximate surface area is 167 Å². The molecule has 1 spiro atoms. The van der Waals surface area contributed by atoms with Crippen molar-refractivity contribution in [1.82, 2.24) is 19.6 Å². The number of aryl methyl sites for hydroxylation is 2. The van der Waals surface area contributed by atoms with Crippen molar-refractivity contribution in [2.45, 2.75) is 45.2 Å². The molecule has 5 nitrogen and oxygen atoms in total. The van der Waals surface area contributed by atoms with E-state index in [0.29, 0.717) is 32.6 Å². The number of rotatable bonds is 4. The topological polar surface area (TPSA) is 41.4 Å². The molecule has 2 aliphatic rings. The van der Waals surface area contributed by atoms with Crippen molar-refractivity contribution in [2.24, 2.45) is 12.5 Å². The Bertz CT molecular complexity index is 851. The summed E-state index contributed by atoms with van der Waals surface area (Å²) >= 11 is 1.56. The van der Waals surface area contributed by atoms with Crippen LogP contribution < -0.4 is 0 Å². The number of nitrogens with zero attached hydrogens (tertiary/aromatic N) is 4. The Morgan fingerprint density at radius 1 is 1.29 bits per heavy atom. The number of hydrogen-bond donors (Lipinski definition) is 0. The molecule has 28 heavy (non-hydrogen) atoms. The van der Waals surface area contributed by atoms with E-state index in [-0.39, 0.29) is 18.9 Å². The molecule has 2 aromatic heterocycles. The first-order valence-electron chi connectivity index (χ1n) is 9.67. The van der Waals surface area contributed by atoms with Crippen molar-refractivity contribution < 1.29 is 13.6 Å². The zero-order chi connectivity index (χ0) is 19.9. The van der Waals surface area contributed by atoms with Gasteiger partial charge in [0, 0.05) is 33.1 Å². The minimum Gasteiger partial charge on any atom is -0.336 e. The summed E-state index contributed by atoms with van der Waals surface area (Å²) in [5.41, 5.74) is 1.86. The molecule has 2 aromatic rings. The van der Waals surface area contributed by atoms with Crippen LogP contribution in [0.5, 0.6) is 0 Å². The van der Waals surface area contributed by atoms with E-state index in [1.54, 1.807) is 25.8 Å². The minimum atomic E-state index is -2.85. The van der Waals surface area contributed by atoms with Crippen LogP contribution >= 0.6 is 11.3 Å². The van der Waals surface area contributed by atoms with E-state index in [2.05, 4.69) is 5.10 Å². The lowest BCUT2D eigenvalue weighted by Gasteiger charge is -2.49. The maximum absolute atomic E-state index is 14.7. The number of carbonyl (C=O) groups excluding carboxylic acids is 1. The first kappa shape index (κ1) is 19.5. The molecule has 0 bridgehead atoms. The molecule has 1 amide bonds. The van der Waals surface area contributed by atoms with E-state index in [1.807, 2.05) is 36.9 Å². The lowest BCUT2D eigenvalue weighted by atomic mass is 9.71. The third kappa shape index (κ3) is 3.85. The van der Waals surface area contributed by atoms with Gasteiger partial charge in [-0.3, -0.25) is 14.4 Å². The first-order chi connectivity index (χ1) is 13.3. The Balaban J connectivity index is 1.55. The van der Waals surface area contributed by atoms with Gasteiger partial charge >= 0.3 is 0 Å². The van der Waals surface area contributed by atoms with Crippen molar-refractivity contribution in [2.75, 3.05) is 19.6 Å². The number of carbonyl (C=O) groups is 1. The summed E-state index contributed by atoms with van der Waals surface area (Å²) < 4.78 is 31.1. The predicted octanol–water partition coefficient (Wildman–Crippen LogP) is 3.44. The van der Waals surface area contributed by atoms with Crippen molar-refractivity contribution in [3.05, 3.63) is 39.8 Å². The van der Waals surface area contributed by atoms with Crippen LogP contribution in [0.2, 0.25) is 0 Å². The highest BCUT2D eigenvalue weighted by atomic mass is 32.1. The summed E-state index contributed by atoms with van der Waals surface area (Å²) in [7, 11) is 1.85. The van der Waals surface area contributed by atoms with Crippen LogP contribution in [0.1, 0.15) is 36.2 Å². The fourth-order valence-electron chi connectivity index (χ4n) is 4.79. The molecule has 0 radical (unpaired) electrons. The number of halogens is 2. The van der Waals surface area contributed by atoms with Crippen LogP contribution in [0.15, 0.2) is 22.9 Å². The average Bonchev–Trinajstić information content (AvgIpc) is 3.20. The quantitative estimate of drug-likeness (QED) is 0.778. The summed E-state index contributed by atoms with van der Waals surface area (Å²) in [5.74, 6) is -2.98. The van der Waals surface area contributed by atoms with E-state index >= 15 is 0 Å². The van der Waals surface area contributed by atoms with Gasteiger partial charge < -0.3 is 4.90 Å². The third-order valence-corrected chi connectivity index (χ3v) is 6.57. The molecule has 1 atom stereocenters. The molecule has 152 valence electrons. The van der Waals surface area contributed by atoms with Crippen LogP contribution in [0.25, 0.3) is 0 Å². The molecule has 2 saturated heterocycles. The molecular weight excluding hydrogens is 382 g/mol. The van der Waals surface area contributed by atoms with Crippen LogP contribution in [-0.2, 0) is 24.9 Å². The lowest BCUT2D eigenvalue weighted by Crippen LogP contribution is -2.60. The van der Waals surface area contributed by atoms with Gasteiger partial charge in [0.2, 0.25) is 5.91 Å². The highest BCUT2D eigenvalue weighted by molar-refractivity contribution is 7.07. The van der Waals surface area contributed by atoms with E-state index in [0.717, 1.165) is 23.4 Å². The molecule has 0 aromatic carbocycles. The largest absolute Gasteiger partial charge is 0.336 e. The zero-order valence-electron chi connectivity index (χ0n) is 16.3. The van der Waals surface area contributed by atoms with Crippen LogP contribution in [-0.4, -0.2) is 51.0 Å². The highest BCUT2D eigenvalue weighted by Gasteiger charge is 2.55. The smallest absolute Gasteiger partial charge is 0.261 e. The number of thiophene rings is 1. The molecule has 0 saturated carbocycles. The first-order valence-corrected chi connectivity index (χ1v) is 10.6. The molecule has 4 rings (SSSR count). The van der Waals surface area contributed by atoms with Crippen molar-refractivity contribution >= 4 is 17.2 Å². The number of piperidine rings is 2. The number of alkyl halides is 2. The Kier molecular flexibility index (Phi) is 5.03. The minimum absolute atomic E-state index is 0.132. The van der Waals surface area contributed by atoms with E-state index < -0.39 is 11.3 Å². The summed E-state index contributed by atoms with van der Waals surface area (Å²) in [6.45, 7) is 3.54. The third-order valence-electron chi connectivity index (χ3n) is 5.84. The van der Waals surface area contributed by atoms with Gasteiger partial charge in [0.1, 0.15) is 0 Å². The SMILES string of the molecule is Cc1cc(CN2CCCC3(CN(Cc4ccsc4)CC(F)(F)C3)C2=O)n(C)n1. The van der Waals surface area contributed by atoms with Gasteiger partial charge in [-0.1, -0.05) is 0 Å². The lowest BCUT2D eigenvalue weighted by molar-refractivity contribution is -0.171. The zero-order valence-corrected chi connectivity index (χ0v) is 17.1. The predicted molar refractivity (Wildman–Crippen MR) is 104 cm³/mol. The Hall–Kier alpha value is -1.80. The monoisotopic (exact) mass is 408 g/mol. The summed E-state index contributed by atoms with van der Waals surface area (Å²) in [6.07, 6.45) is 0.938. The second-order valence-electron chi connectivity index (χ2n) is 8.32. The average molecular weight is 409 g/mol. The summed E-state index contributed by atoms with van der Waals surface area (Å²) in [4.78, 5) is 16.9. The molecule has 4 heterocycles. The maximum atomic E-state index is 14.7. The fourth-order valence-corrected chi connectivity index (χ4v) is 5.45. The molecule has 2 aliphatic heterocycles. The van der Waals surface area contributed by atoms with Gasteiger partial charge in [0.25, 0.3) is 5.92 Å².